The zero-order valence-corrected chi connectivity index (χ0v) is 11.9. The molecule has 0 fully saturated rings. The number of anilines is 2. The van der Waals surface area contributed by atoms with Crippen molar-refractivity contribution in [2.24, 2.45) is 0 Å². The van der Waals surface area contributed by atoms with Gasteiger partial charge in [0, 0.05) is 12.2 Å². The fourth-order valence-electron chi connectivity index (χ4n) is 1.81. The summed E-state index contributed by atoms with van der Waals surface area (Å²) < 4.78 is 0.452. The number of hydrogen-bond acceptors (Lipinski definition) is 3. The fourth-order valence-corrected chi connectivity index (χ4v) is 2.24. The van der Waals surface area contributed by atoms with Crippen LogP contribution in [0.2, 0.25) is 0 Å². The van der Waals surface area contributed by atoms with E-state index in [-0.39, 0.29) is 5.56 Å². The van der Waals surface area contributed by atoms with Crippen molar-refractivity contribution in [2.75, 3.05) is 11.4 Å². The average molecular weight is 308 g/mol. The van der Waals surface area contributed by atoms with Crippen LogP contribution in [-0.4, -0.2) is 16.5 Å². The topological polar surface area (TPSA) is 49.0 Å². The van der Waals surface area contributed by atoms with E-state index in [1.807, 2.05) is 36.9 Å². The first kappa shape index (κ1) is 12.8. The van der Waals surface area contributed by atoms with Gasteiger partial charge in [0.1, 0.15) is 4.47 Å². The molecule has 2 rings (SSSR count). The Morgan fingerprint density at radius 1 is 1.44 bits per heavy atom. The SMILES string of the molecule is CCN(c1cccc(C)c1)c1nc[nH]c(=O)c1Br. The Morgan fingerprint density at radius 2 is 2.22 bits per heavy atom. The lowest BCUT2D eigenvalue weighted by atomic mass is 10.2. The molecule has 2 aromatic rings. The second-order valence-corrected chi connectivity index (χ2v) is 4.75. The molecule has 94 valence electrons. The van der Waals surface area contributed by atoms with Gasteiger partial charge in [-0.15, -0.1) is 0 Å². The number of nitrogens with one attached hydrogen (secondary N) is 1. The summed E-state index contributed by atoms with van der Waals surface area (Å²) in [5, 5.41) is 0. The summed E-state index contributed by atoms with van der Waals surface area (Å²) >= 11 is 3.29. The van der Waals surface area contributed by atoms with Gasteiger partial charge in [-0.2, -0.15) is 0 Å². The molecule has 5 heteroatoms. The van der Waals surface area contributed by atoms with Gasteiger partial charge in [-0.05, 0) is 47.5 Å². The molecule has 0 unspecified atom stereocenters. The minimum absolute atomic E-state index is 0.175. The Bertz CT molecular complexity index is 609. The Labute approximate surface area is 114 Å². The molecule has 0 aliphatic heterocycles. The van der Waals surface area contributed by atoms with Crippen molar-refractivity contribution in [3.8, 4) is 0 Å². The number of aromatic amines is 1. The molecular formula is C13H14BrN3O. The first-order valence-corrected chi connectivity index (χ1v) is 6.50. The van der Waals surface area contributed by atoms with Crippen LogP contribution in [0.5, 0.6) is 0 Å². The van der Waals surface area contributed by atoms with Gasteiger partial charge in [0.25, 0.3) is 5.56 Å². The van der Waals surface area contributed by atoms with Crippen LogP contribution >= 0.6 is 15.9 Å². The molecular weight excluding hydrogens is 294 g/mol. The first-order valence-electron chi connectivity index (χ1n) is 5.71. The van der Waals surface area contributed by atoms with Crippen molar-refractivity contribution in [2.45, 2.75) is 13.8 Å². The van der Waals surface area contributed by atoms with Gasteiger partial charge in [-0.3, -0.25) is 4.79 Å². The van der Waals surface area contributed by atoms with E-state index < -0.39 is 0 Å². The van der Waals surface area contributed by atoms with Crippen molar-refractivity contribution in [1.82, 2.24) is 9.97 Å². The minimum atomic E-state index is -0.175. The maximum Gasteiger partial charge on any atom is 0.267 e. The molecule has 0 saturated heterocycles. The van der Waals surface area contributed by atoms with E-state index in [2.05, 4.69) is 32.0 Å². The summed E-state index contributed by atoms with van der Waals surface area (Å²) in [7, 11) is 0. The zero-order chi connectivity index (χ0) is 13.1. The van der Waals surface area contributed by atoms with Gasteiger partial charge in [0.2, 0.25) is 0 Å². The van der Waals surface area contributed by atoms with Gasteiger partial charge < -0.3 is 9.88 Å². The highest BCUT2D eigenvalue weighted by Crippen LogP contribution is 2.27. The molecule has 18 heavy (non-hydrogen) atoms. The number of rotatable bonds is 3. The highest BCUT2D eigenvalue weighted by Gasteiger charge is 2.14. The molecule has 0 aliphatic carbocycles. The number of aromatic nitrogens is 2. The van der Waals surface area contributed by atoms with Crippen LogP contribution in [0, 0.1) is 6.92 Å². The summed E-state index contributed by atoms with van der Waals surface area (Å²) in [4.78, 5) is 20.4. The molecule has 0 spiro atoms. The maximum absolute atomic E-state index is 11.6. The second kappa shape index (κ2) is 5.35. The van der Waals surface area contributed by atoms with Crippen LogP contribution in [0.25, 0.3) is 0 Å². The molecule has 1 heterocycles. The second-order valence-electron chi connectivity index (χ2n) is 3.95. The largest absolute Gasteiger partial charge is 0.325 e. The zero-order valence-electron chi connectivity index (χ0n) is 10.3. The summed E-state index contributed by atoms with van der Waals surface area (Å²) in [6, 6.07) is 8.11. The third kappa shape index (κ3) is 2.46. The van der Waals surface area contributed by atoms with Crippen LogP contribution in [0.3, 0.4) is 0 Å². The third-order valence-corrected chi connectivity index (χ3v) is 3.38. The normalized spacial score (nSPS) is 10.4. The van der Waals surface area contributed by atoms with Gasteiger partial charge >= 0.3 is 0 Å². The Balaban J connectivity index is 2.52. The van der Waals surface area contributed by atoms with E-state index in [4.69, 9.17) is 0 Å². The predicted octanol–water partition coefficient (Wildman–Crippen LogP) is 3.00. The van der Waals surface area contributed by atoms with Gasteiger partial charge in [0.15, 0.2) is 5.82 Å². The van der Waals surface area contributed by atoms with Crippen LogP contribution in [0.4, 0.5) is 11.5 Å². The third-order valence-electron chi connectivity index (χ3n) is 2.66. The Kier molecular flexibility index (Phi) is 3.81. The van der Waals surface area contributed by atoms with Crippen LogP contribution < -0.4 is 10.5 Å². The summed E-state index contributed by atoms with van der Waals surface area (Å²) in [5.41, 5.74) is 2.02. The van der Waals surface area contributed by atoms with Crippen molar-refractivity contribution >= 4 is 27.4 Å². The summed E-state index contributed by atoms with van der Waals surface area (Å²) in [5.74, 6) is 0.631. The molecule has 0 bridgehead atoms. The van der Waals surface area contributed by atoms with E-state index in [1.165, 1.54) is 11.9 Å². The number of halogens is 1. The van der Waals surface area contributed by atoms with Gasteiger partial charge in [0.05, 0.1) is 6.33 Å². The predicted molar refractivity (Wildman–Crippen MR) is 76.4 cm³/mol. The number of hydrogen-bond donors (Lipinski definition) is 1. The van der Waals surface area contributed by atoms with E-state index in [9.17, 15) is 4.79 Å². The van der Waals surface area contributed by atoms with Gasteiger partial charge in [-0.25, -0.2) is 4.98 Å². The number of nitrogens with zero attached hydrogens (tertiary/aromatic N) is 2. The minimum Gasteiger partial charge on any atom is -0.325 e. The van der Waals surface area contributed by atoms with Crippen molar-refractivity contribution in [3.63, 3.8) is 0 Å². The number of aryl methyl sites for hydroxylation is 1. The Hall–Kier alpha value is -1.62. The van der Waals surface area contributed by atoms with Crippen LogP contribution in [0.1, 0.15) is 12.5 Å². The molecule has 0 atom stereocenters. The Morgan fingerprint density at radius 3 is 2.89 bits per heavy atom. The maximum atomic E-state index is 11.6. The fraction of sp³-hybridized carbons (Fsp3) is 0.231. The lowest BCUT2D eigenvalue weighted by molar-refractivity contribution is 0.957. The van der Waals surface area contributed by atoms with Crippen molar-refractivity contribution in [3.05, 3.63) is 51.0 Å². The van der Waals surface area contributed by atoms with E-state index in [0.717, 1.165) is 12.2 Å². The number of benzene rings is 1. The monoisotopic (exact) mass is 307 g/mol. The quantitative estimate of drug-likeness (QED) is 0.948. The lowest BCUT2D eigenvalue weighted by Gasteiger charge is -2.23. The first-order chi connectivity index (χ1) is 8.63. The van der Waals surface area contributed by atoms with E-state index in [1.54, 1.807) is 0 Å². The molecule has 0 saturated carbocycles. The van der Waals surface area contributed by atoms with E-state index >= 15 is 0 Å². The van der Waals surface area contributed by atoms with Crippen LogP contribution in [-0.2, 0) is 0 Å². The molecule has 1 N–H and O–H groups in total. The highest BCUT2D eigenvalue weighted by molar-refractivity contribution is 9.10. The molecule has 0 amide bonds. The highest BCUT2D eigenvalue weighted by atomic mass is 79.9. The molecule has 4 nitrogen and oxygen atoms in total. The van der Waals surface area contributed by atoms with Gasteiger partial charge in [-0.1, -0.05) is 12.1 Å². The van der Waals surface area contributed by atoms with E-state index in [0.29, 0.717) is 10.3 Å². The number of H-pyrrole nitrogens is 1. The molecule has 1 aromatic carbocycles. The van der Waals surface area contributed by atoms with Crippen molar-refractivity contribution < 1.29 is 0 Å². The average Bonchev–Trinajstić information content (AvgIpc) is 2.35. The summed E-state index contributed by atoms with van der Waals surface area (Å²) in [6.07, 6.45) is 1.42. The van der Waals surface area contributed by atoms with Crippen molar-refractivity contribution in [1.29, 1.82) is 0 Å². The van der Waals surface area contributed by atoms with Crippen LogP contribution in [0.15, 0.2) is 39.9 Å². The standard InChI is InChI=1S/C13H14BrN3O/c1-3-17(10-6-4-5-9(2)7-10)12-11(14)13(18)16-8-15-12/h4-8H,3H2,1-2H3,(H,15,16,18). The molecule has 0 radical (unpaired) electrons. The molecule has 1 aromatic heterocycles. The summed E-state index contributed by atoms with van der Waals surface area (Å²) in [6.45, 7) is 4.80. The lowest BCUT2D eigenvalue weighted by Crippen LogP contribution is -2.21. The smallest absolute Gasteiger partial charge is 0.267 e. The molecule has 0 aliphatic rings.